The molecule has 0 aliphatic rings. The molecule has 1 heterocycles. The number of aryl methyl sites for hydroxylation is 1. The van der Waals surface area contributed by atoms with Crippen LogP contribution in [0.4, 0.5) is 0 Å². The lowest BCUT2D eigenvalue weighted by molar-refractivity contribution is 0.111. The maximum atomic E-state index is 10.7. The summed E-state index contributed by atoms with van der Waals surface area (Å²) < 4.78 is 7.14. The lowest BCUT2D eigenvalue weighted by Gasteiger charge is -2.05. The van der Waals surface area contributed by atoms with E-state index < -0.39 is 0 Å². The minimum Gasteiger partial charge on any atom is -0.493 e. The van der Waals surface area contributed by atoms with Crippen molar-refractivity contribution < 1.29 is 9.53 Å². The zero-order valence-electron chi connectivity index (χ0n) is 9.54. The van der Waals surface area contributed by atoms with E-state index in [1.54, 1.807) is 11.7 Å². The molecule has 88 valence electrons. The van der Waals surface area contributed by atoms with Crippen molar-refractivity contribution in [3.63, 3.8) is 0 Å². The van der Waals surface area contributed by atoms with Crippen molar-refractivity contribution in [1.29, 1.82) is 0 Å². The van der Waals surface area contributed by atoms with E-state index in [1.165, 1.54) is 0 Å². The predicted molar refractivity (Wildman–Crippen MR) is 62.0 cm³/mol. The molecule has 0 bridgehead atoms. The number of rotatable bonds is 5. The van der Waals surface area contributed by atoms with Gasteiger partial charge < -0.3 is 4.74 Å². The molecule has 0 aliphatic heterocycles. The molecule has 2 rings (SSSR count). The van der Waals surface area contributed by atoms with Crippen molar-refractivity contribution >= 4 is 6.29 Å². The van der Waals surface area contributed by atoms with Crippen LogP contribution < -0.4 is 4.74 Å². The lowest BCUT2D eigenvalue weighted by Crippen LogP contribution is -2.07. The van der Waals surface area contributed by atoms with Gasteiger partial charge in [0.2, 0.25) is 0 Å². The molecule has 2 aromatic rings. The van der Waals surface area contributed by atoms with Crippen LogP contribution in [0.5, 0.6) is 5.75 Å². The molecule has 0 aliphatic carbocycles. The molecule has 0 amide bonds. The molecule has 1 aromatic heterocycles. The van der Waals surface area contributed by atoms with Crippen LogP contribution in [-0.2, 0) is 13.5 Å². The van der Waals surface area contributed by atoms with Crippen LogP contribution in [0.1, 0.15) is 16.2 Å². The Hall–Kier alpha value is -2.17. The smallest absolute Gasteiger partial charge is 0.172 e. The molecule has 1 aromatic carbocycles. The fourth-order valence-electron chi connectivity index (χ4n) is 1.56. The summed E-state index contributed by atoms with van der Waals surface area (Å²) in [5, 5.41) is 7.54. The summed E-state index contributed by atoms with van der Waals surface area (Å²) in [6, 6.07) is 9.54. The molecular formula is C12H13N3O2. The van der Waals surface area contributed by atoms with E-state index in [1.807, 2.05) is 30.3 Å². The number of ether oxygens (including phenoxy) is 1. The first-order chi connectivity index (χ1) is 8.31. The van der Waals surface area contributed by atoms with Gasteiger partial charge in [0.15, 0.2) is 6.29 Å². The molecule has 5 heteroatoms. The van der Waals surface area contributed by atoms with E-state index in [-0.39, 0.29) is 0 Å². The van der Waals surface area contributed by atoms with Gasteiger partial charge in [-0.25, -0.2) is 0 Å². The Morgan fingerprint density at radius 3 is 2.82 bits per heavy atom. The maximum absolute atomic E-state index is 10.7. The van der Waals surface area contributed by atoms with Gasteiger partial charge >= 0.3 is 0 Å². The zero-order valence-corrected chi connectivity index (χ0v) is 9.54. The van der Waals surface area contributed by atoms with E-state index in [4.69, 9.17) is 4.74 Å². The molecule has 0 fully saturated rings. The van der Waals surface area contributed by atoms with Crippen LogP contribution in [0.2, 0.25) is 0 Å². The van der Waals surface area contributed by atoms with Crippen LogP contribution in [0.15, 0.2) is 30.3 Å². The predicted octanol–water partition coefficient (Wildman–Crippen LogP) is 1.25. The van der Waals surface area contributed by atoms with E-state index in [0.29, 0.717) is 25.0 Å². The van der Waals surface area contributed by atoms with Gasteiger partial charge in [0, 0.05) is 13.5 Å². The molecule has 17 heavy (non-hydrogen) atoms. The van der Waals surface area contributed by atoms with Crippen LogP contribution in [0.3, 0.4) is 0 Å². The van der Waals surface area contributed by atoms with E-state index >= 15 is 0 Å². The number of aromatic nitrogens is 3. The summed E-state index contributed by atoms with van der Waals surface area (Å²) >= 11 is 0. The number of aldehydes is 1. The summed E-state index contributed by atoms with van der Waals surface area (Å²) in [5.74, 6) is 0.815. The number of benzene rings is 1. The summed E-state index contributed by atoms with van der Waals surface area (Å²) in [4.78, 5) is 10.7. The second-order valence-corrected chi connectivity index (χ2v) is 3.57. The fourth-order valence-corrected chi connectivity index (χ4v) is 1.56. The van der Waals surface area contributed by atoms with Gasteiger partial charge in [-0.2, -0.15) is 0 Å². The van der Waals surface area contributed by atoms with Gasteiger partial charge in [0.1, 0.15) is 11.4 Å². The van der Waals surface area contributed by atoms with Crippen molar-refractivity contribution in [2.45, 2.75) is 6.42 Å². The number of nitrogens with zero attached hydrogens (tertiary/aromatic N) is 3. The average Bonchev–Trinajstić information content (AvgIpc) is 2.72. The van der Waals surface area contributed by atoms with E-state index in [2.05, 4.69) is 10.3 Å². The molecule has 0 spiro atoms. The monoisotopic (exact) mass is 231 g/mol. The zero-order chi connectivity index (χ0) is 12.1. The average molecular weight is 231 g/mol. The van der Waals surface area contributed by atoms with Crippen molar-refractivity contribution in [2.75, 3.05) is 6.61 Å². The van der Waals surface area contributed by atoms with Crippen LogP contribution >= 0.6 is 0 Å². The third-order valence-corrected chi connectivity index (χ3v) is 2.44. The molecule has 0 atom stereocenters. The Balaban J connectivity index is 1.94. The number of hydrogen-bond acceptors (Lipinski definition) is 4. The minimum absolute atomic E-state index is 0.379. The molecule has 5 nitrogen and oxygen atoms in total. The SMILES string of the molecule is Cn1nnc(C=O)c1CCOc1ccccc1. The van der Waals surface area contributed by atoms with Crippen LogP contribution in [0.25, 0.3) is 0 Å². The Bertz CT molecular complexity index is 494. The Kier molecular flexibility index (Phi) is 3.49. The number of carbonyl (C=O) groups excluding carboxylic acids is 1. The van der Waals surface area contributed by atoms with Gasteiger partial charge in [-0.15, -0.1) is 5.10 Å². The molecule has 0 unspecified atom stereocenters. The molecular weight excluding hydrogens is 218 g/mol. The molecule has 0 radical (unpaired) electrons. The fraction of sp³-hybridized carbons (Fsp3) is 0.250. The minimum atomic E-state index is 0.379. The standard InChI is InChI=1S/C12H13N3O2/c1-15-12(11(9-16)13-14-15)7-8-17-10-5-3-2-4-6-10/h2-6,9H,7-8H2,1H3. The highest BCUT2D eigenvalue weighted by atomic mass is 16.5. The summed E-state index contributed by atoms with van der Waals surface area (Å²) in [6.45, 7) is 0.492. The van der Waals surface area contributed by atoms with E-state index in [9.17, 15) is 4.79 Å². The van der Waals surface area contributed by atoms with Gasteiger partial charge in [-0.1, -0.05) is 23.4 Å². The summed E-state index contributed by atoms with van der Waals surface area (Å²) in [6.07, 6.45) is 1.32. The molecule has 0 saturated carbocycles. The topological polar surface area (TPSA) is 57.0 Å². The summed E-state index contributed by atoms with van der Waals surface area (Å²) in [7, 11) is 1.76. The van der Waals surface area contributed by atoms with Crippen LogP contribution in [0, 0.1) is 0 Å². The first kappa shape index (κ1) is 11.3. The van der Waals surface area contributed by atoms with Gasteiger partial charge in [-0.05, 0) is 12.1 Å². The van der Waals surface area contributed by atoms with Crippen molar-refractivity contribution in [1.82, 2.24) is 15.0 Å². The number of para-hydroxylation sites is 1. The molecule has 0 N–H and O–H groups in total. The van der Waals surface area contributed by atoms with Crippen LogP contribution in [-0.4, -0.2) is 27.9 Å². The second-order valence-electron chi connectivity index (χ2n) is 3.57. The van der Waals surface area contributed by atoms with Crippen molar-refractivity contribution in [3.05, 3.63) is 41.7 Å². The summed E-state index contributed by atoms with van der Waals surface area (Å²) in [5.41, 5.74) is 1.17. The number of hydrogen-bond donors (Lipinski definition) is 0. The highest BCUT2D eigenvalue weighted by Gasteiger charge is 2.09. The third-order valence-electron chi connectivity index (χ3n) is 2.44. The maximum Gasteiger partial charge on any atom is 0.172 e. The van der Waals surface area contributed by atoms with Gasteiger partial charge in [0.05, 0.1) is 12.3 Å². The van der Waals surface area contributed by atoms with Gasteiger partial charge in [0.25, 0.3) is 0 Å². The third kappa shape index (κ3) is 2.69. The number of carbonyl (C=O) groups is 1. The van der Waals surface area contributed by atoms with Gasteiger partial charge in [-0.3, -0.25) is 9.48 Å². The lowest BCUT2D eigenvalue weighted by atomic mass is 10.2. The first-order valence-corrected chi connectivity index (χ1v) is 5.33. The molecule has 0 saturated heterocycles. The Morgan fingerprint density at radius 1 is 1.35 bits per heavy atom. The Morgan fingerprint density at radius 2 is 2.12 bits per heavy atom. The normalized spacial score (nSPS) is 10.2. The van der Waals surface area contributed by atoms with Crippen molar-refractivity contribution in [3.8, 4) is 5.75 Å². The highest BCUT2D eigenvalue weighted by molar-refractivity contribution is 5.73. The van der Waals surface area contributed by atoms with E-state index in [0.717, 1.165) is 11.4 Å². The largest absolute Gasteiger partial charge is 0.493 e. The Labute approximate surface area is 99.0 Å². The van der Waals surface area contributed by atoms with Crippen molar-refractivity contribution in [2.24, 2.45) is 7.05 Å². The highest BCUT2D eigenvalue weighted by Crippen LogP contribution is 2.09. The quantitative estimate of drug-likeness (QED) is 0.727. The first-order valence-electron chi connectivity index (χ1n) is 5.33. The second kappa shape index (κ2) is 5.25.